The number of non-ortho nitro benzene ring substituents is 1. The maximum Gasteiger partial charge on any atom is 0.364 e. The Morgan fingerprint density at radius 3 is 2.86 bits per heavy atom. The summed E-state index contributed by atoms with van der Waals surface area (Å²) >= 11 is 0. The van der Waals surface area contributed by atoms with Crippen LogP contribution in [0.5, 0.6) is 5.88 Å². The number of carbonyl (C=O) groups excluding carboxylic acids is 1. The Balaban J connectivity index is 2.51. The molecule has 1 aromatic heterocycles. The monoisotopic (exact) mass is 293 g/mol. The van der Waals surface area contributed by atoms with E-state index >= 15 is 0 Å². The van der Waals surface area contributed by atoms with Gasteiger partial charge in [-0.25, -0.2) is 4.79 Å². The van der Waals surface area contributed by atoms with Crippen LogP contribution in [-0.4, -0.2) is 37.5 Å². The average Bonchev–Trinajstić information content (AvgIpc) is 2.74. The highest BCUT2D eigenvalue weighted by Gasteiger charge is 2.25. The fourth-order valence-corrected chi connectivity index (χ4v) is 1.72. The van der Waals surface area contributed by atoms with Crippen LogP contribution in [0, 0.1) is 10.1 Å². The van der Waals surface area contributed by atoms with E-state index in [1.54, 1.807) is 6.92 Å². The Labute approximate surface area is 118 Å². The summed E-state index contributed by atoms with van der Waals surface area (Å²) in [6.45, 7) is 1.62. The molecule has 110 valence electrons. The normalized spacial score (nSPS) is 10.3. The van der Waals surface area contributed by atoms with E-state index in [0.29, 0.717) is 4.73 Å². The van der Waals surface area contributed by atoms with Gasteiger partial charge in [0.1, 0.15) is 0 Å². The molecule has 0 spiro atoms. The van der Waals surface area contributed by atoms with Gasteiger partial charge in [-0.15, -0.1) is 0 Å². The number of benzene rings is 1. The zero-order chi connectivity index (χ0) is 15.6. The van der Waals surface area contributed by atoms with Gasteiger partial charge in [-0.3, -0.25) is 10.1 Å². The largest absolute Gasteiger partial charge is 0.491 e. The number of nitro groups is 1. The summed E-state index contributed by atoms with van der Waals surface area (Å²) in [6.07, 6.45) is 0. The van der Waals surface area contributed by atoms with Gasteiger partial charge in [-0.1, -0.05) is 12.1 Å². The van der Waals surface area contributed by atoms with Crippen molar-refractivity contribution in [1.82, 2.24) is 9.71 Å². The Hall–Kier alpha value is -3.10. The van der Waals surface area contributed by atoms with E-state index in [4.69, 9.17) is 0 Å². The number of ether oxygens (including phenoxy) is 1. The number of nitro benzene ring substituents is 1. The van der Waals surface area contributed by atoms with Crippen molar-refractivity contribution in [3.63, 3.8) is 0 Å². The SMILES string of the molecule is CCOC(=O)c1c(O)nc(-c2cccc([N+](=O)[O-])c2)n1O. The minimum absolute atomic E-state index is 0.0512. The number of imidazole rings is 1. The van der Waals surface area contributed by atoms with Gasteiger partial charge in [0.15, 0.2) is 5.82 Å². The van der Waals surface area contributed by atoms with E-state index in [1.165, 1.54) is 18.2 Å². The maximum absolute atomic E-state index is 11.6. The minimum atomic E-state index is -0.957. The molecule has 0 amide bonds. The summed E-state index contributed by atoms with van der Waals surface area (Å²) in [5.74, 6) is -1.89. The molecule has 0 saturated heterocycles. The molecule has 0 fully saturated rings. The van der Waals surface area contributed by atoms with E-state index in [9.17, 15) is 25.2 Å². The number of aromatic hydroxyl groups is 1. The molecule has 21 heavy (non-hydrogen) atoms. The molecule has 9 heteroatoms. The number of hydrogen-bond donors (Lipinski definition) is 2. The molecular formula is C12H11N3O6. The van der Waals surface area contributed by atoms with E-state index in [-0.39, 0.29) is 23.7 Å². The molecule has 0 aliphatic heterocycles. The summed E-state index contributed by atoms with van der Waals surface area (Å²) in [7, 11) is 0. The van der Waals surface area contributed by atoms with Crippen LogP contribution >= 0.6 is 0 Å². The van der Waals surface area contributed by atoms with E-state index < -0.39 is 22.5 Å². The smallest absolute Gasteiger partial charge is 0.364 e. The van der Waals surface area contributed by atoms with Gasteiger partial charge in [-0.05, 0) is 6.92 Å². The molecule has 0 saturated carbocycles. The molecule has 2 aromatic rings. The molecule has 2 N–H and O–H groups in total. The van der Waals surface area contributed by atoms with Crippen LogP contribution in [-0.2, 0) is 4.74 Å². The van der Waals surface area contributed by atoms with Crippen LogP contribution in [0.3, 0.4) is 0 Å². The van der Waals surface area contributed by atoms with E-state index in [2.05, 4.69) is 9.72 Å². The quantitative estimate of drug-likeness (QED) is 0.379. The molecule has 0 atom stereocenters. The van der Waals surface area contributed by atoms with Crippen molar-refractivity contribution in [2.24, 2.45) is 0 Å². The van der Waals surface area contributed by atoms with Crippen LogP contribution in [0.2, 0.25) is 0 Å². The number of aromatic nitrogens is 2. The topological polar surface area (TPSA) is 128 Å². The third-order valence-corrected chi connectivity index (χ3v) is 2.62. The third kappa shape index (κ3) is 2.61. The summed E-state index contributed by atoms with van der Waals surface area (Å²) in [5, 5.41) is 30.3. The zero-order valence-electron chi connectivity index (χ0n) is 10.9. The number of rotatable bonds is 4. The first-order valence-corrected chi connectivity index (χ1v) is 5.88. The van der Waals surface area contributed by atoms with Gasteiger partial charge in [0.2, 0.25) is 11.6 Å². The number of carbonyl (C=O) groups is 1. The first-order valence-electron chi connectivity index (χ1n) is 5.88. The molecule has 9 nitrogen and oxygen atoms in total. The average molecular weight is 293 g/mol. The van der Waals surface area contributed by atoms with Crippen molar-refractivity contribution in [3.05, 3.63) is 40.1 Å². The fourth-order valence-electron chi connectivity index (χ4n) is 1.72. The molecule has 0 aliphatic rings. The van der Waals surface area contributed by atoms with Gasteiger partial charge in [-0.2, -0.15) is 9.71 Å². The van der Waals surface area contributed by atoms with Crippen molar-refractivity contribution in [1.29, 1.82) is 0 Å². The molecule has 2 rings (SSSR count). The Morgan fingerprint density at radius 1 is 1.52 bits per heavy atom. The third-order valence-electron chi connectivity index (χ3n) is 2.62. The lowest BCUT2D eigenvalue weighted by Crippen LogP contribution is -2.11. The Morgan fingerprint density at radius 2 is 2.24 bits per heavy atom. The van der Waals surface area contributed by atoms with Crippen LogP contribution in [0.15, 0.2) is 24.3 Å². The predicted molar refractivity (Wildman–Crippen MR) is 69.1 cm³/mol. The van der Waals surface area contributed by atoms with Crippen molar-refractivity contribution < 1.29 is 24.8 Å². The number of nitrogens with zero attached hydrogens (tertiary/aromatic N) is 3. The van der Waals surface area contributed by atoms with Crippen LogP contribution < -0.4 is 0 Å². The van der Waals surface area contributed by atoms with Crippen LogP contribution in [0.4, 0.5) is 5.69 Å². The van der Waals surface area contributed by atoms with Crippen molar-refractivity contribution in [3.8, 4) is 17.3 Å². The first kappa shape index (κ1) is 14.3. The second-order valence-electron chi connectivity index (χ2n) is 3.95. The lowest BCUT2D eigenvalue weighted by Gasteiger charge is -2.03. The van der Waals surface area contributed by atoms with Crippen LogP contribution in [0.25, 0.3) is 11.4 Å². The van der Waals surface area contributed by atoms with E-state index in [1.807, 2.05) is 0 Å². The number of esters is 1. The minimum Gasteiger partial charge on any atom is -0.491 e. The summed E-state index contributed by atoms with van der Waals surface area (Å²) in [6, 6.07) is 5.25. The standard InChI is InChI=1S/C12H11N3O6/c1-2-21-12(17)9-11(16)13-10(14(9)18)7-4-3-5-8(6-7)15(19)20/h3-6,16,18H,2H2,1H3. The highest BCUT2D eigenvalue weighted by atomic mass is 16.6. The fraction of sp³-hybridized carbons (Fsp3) is 0.167. The van der Waals surface area contributed by atoms with Crippen molar-refractivity contribution in [2.75, 3.05) is 6.61 Å². The first-order chi connectivity index (χ1) is 9.95. The molecule has 1 aromatic carbocycles. The maximum atomic E-state index is 11.6. The van der Waals surface area contributed by atoms with Gasteiger partial charge in [0.25, 0.3) is 5.69 Å². The van der Waals surface area contributed by atoms with Gasteiger partial charge in [0.05, 0.1) is 11.5 Å². The lowest BCUT2D eigenvalue weighted by atomic mass is 10.2. The van der Waals surface area contributed by atoms with Gasteiger partial charge < -0.3 is 15.1 Å². The molecule has 0 unspecified atom stereocenters. The van der Waals surface area contributed by atoms with E-state index in [0.717, 1.165) is 6.07 Å². The predicted octanol–water partition coefficient (Wildman–Crippen LogP) is 1.58. The summed E-state index contributed by atoms with van der Waals surface area (Å²) in [5.41, 5.74) is -0.594. The van der Waals surface area contributed by atoms with Gasteiger partial charge >= 0.3 is 5.97 Å². The molecule has 0 radical (unpaired) electrons. The second kappa shape index (κ2) is 5.49. The highest BCUT2D eigenvalue weighted by Crippen LogP contribution is 2.27. The summed E-state index contributed by atoms with van der Waals surface area (Å²) in [4.78, 5) is 25.3. The lowest BCUT2D eigenvalue weighted by molar-refractivity contribution is -0.384. The Bertz CT molecular complexity index is 709. The molecule has 1 heterocycles. The van der Waals surface area contributed by atoms with Crippen molar-refractivity contribution >= 4 is 11.7 Å². The van der Waals surface area contributed by atoms with Crippen LogP contribution in [0.1, 0.15) is 17.4 Å². The Kier molecular flexibility index (Phi) is 3.74. The second-order valence-corrected chi connectivity index (χ2v) is 3.95. The molecule has 0 aliphatic carbocycles. The van der Waals surface area contributed by atoms with Crippen molar-refractivity contribution in [2.45, 2.75) is 6.92 Å². The molecule has 0 bridgehead atoms. The highest BCUT2D eigenvalue weighted by molar-refractivity contribution is 5.91. The molecular weight excluding hydrogens is 282 g/mol. The summed E-state index contributed by atoms with van der Waals surface area (Å²) < 4.78 is 5.01. The number of hydrogen-bond acceptors (Lipinski definition) is 7. The van der Waals surface area contributed by atoms with Gasteiger partial charge in [0, 0.05) is 17.7 Å². The zero-order valence-corrected chi connectivity index (χ0v) is 10.9.